The third kappa shape index (κ3) is 4.87. The molecule has 0 saturated carbocycles. The molecule has 0 bridgehead atoms. The van der Waals surface area contributed by atoms with Crippen LogP contribution in [0.4, 0.5) is 0 Å². The van der Waals surface area contributed by atoms with Crippen molar-refractivity contribution in [3.8, 4) is 11.4 Å². The molecule has 1 aromatic heterocycles. The van der Waals surface area contributed by atoms with Gasteiger partial charge in [0.25, 0.3) is 0 Å². The van der Waals surface area contributed by atoms with Crippen LogP contribution in [0.25, 0.3) is 11.4 Å². The molecular weight excluding hydrogens is 392 g/mol. The first-order valence-corrected chi connectivity index (χ1v) is 10.7. The van der Waals surface area contributed by atoms with E-state index in [1.807, 2.05) is 30.3 Å². The van der Waals surface area contributed by atoms with Gasteiger partial charge in [0.1, 0.15) is 6.04 Å². The van der Waals surface area contributed by atoms with E-state index in [1.165, 1.54) is 11.9 Å². The zero-order chi connectivity index (χ0) is 21.0. The number of hydrogen-bond donors (Lipinski definition) is 0. The molecule has 0 unspecified atom stereocenters. The van der Waals surface area contributed by atoms with E-state index in [0.29, 0.717) is 11.4 Å². The minimum absolute atomic E-state index is 0.0552. The number of aromatic nitrogens is 2. The molecule has 0 spiro atoms. The maximum Gasteiger partial charge on any atom is 0.246 e. The number of hydrogen-bond acceptors (Lipinski definition) is 6. The highest BCUT2D eigenvalue weighted by atomic mass is 32.2. The molecule has 1 atom stereocenters. The third-order valence-electron chi connectivity index (χ3n) is 4.48. The van der Waals surface area contributed by atoms with Gasteiger partial charge in [-0.2, -0.15) is 9.29 Å². The van der Waals surface area contributed by atoms with Crippen LogP contribution >= 0.6 is 0 Å². The van der Waals surface area contributed by atoms with Crippen molar-refractivity contribution >= 4 is 15.9 Å². The van der Waals surface area contributed by atoms with Crippen molar-refractivity contribution in [2.75, 3.05) is 20.4 Å². The van der Waals surface area contributed by atoms with Crippen LogP contribution in [0.2, 0.25) is 0 Å². The summed E-state index contributed by atoms with van der Waals surface area (Å²) in [6, 6.07) is 17.1. The SMILES string of the molecule is CN(Cc1nc(-c2ccccc2)no1)C(=O)[C@H](c1ccccc1)N(C)S(C)(=O)=O. The average molecular weight is 414 g/mol. The molecule has 0 aliphatic rings. The number of amides is 1. The Bertz CT molecular complexity index is 1070. The second-order valence-corrected chi connectivity index (χ2v) is 8.71. The molecule has 1 amide bonds. The van der Waals surface area contributed by atoms with Crippen LogP contribution in [0, 0.1) is 0 Å². The Morgan fingerprint density at radius 1 is 1.03 bits per heavy atom. The molecule has 8 nitrogen and oxygen atoms in total. The first kappa shape index (κ1) is 20.7. The van der Waals surface area contributed by atoms with Crippen molar-refractivity contribution < 1.29 is 17.7 Å². The maximum atomic E-state index is 13.1. The van der Waals surface area contributed by atoms with Crippen LogP contribution in [-0.2, 0) is 21.4 Å². The van der Waals surface area contributed by atoms with E-state index >= 15 is 0 Å². The highest BCUT2D eigenvalue weighted by molar-refractivity contribution is 7.88. The number of benzene rings is 2. The summed E-state index contributed by atoms with van der Waals surface area (Å²) in [5.74, 6) is 0.284. The van der Waals surface area contributed by atoms with Crippen molar-refractivity contribution in [3.63, 3.8) is 0 Å². The molecule has 29 heavy (non-hydrogen) atoms. The molecule has 0 aliphatic carbocycles. The Morgan fingerprint density at radius 3 is 2.21 bits per heavy atom. The van der Waals surface area contributed by atoms with Crippen LogP contribution in [0.3, 0.4) is 0 Å². The normalized spacial score (nSPS) is 12.7. The number of carbonyl (C=O) groups excluding carboxylic acids is 1. The molecule has 3 rings (SSSR count). The first-order chi connectivity index (χ1) is 13.8. The Balaban J connectivity index is 1.82. The number of carbonyl (C=O) groups is 1. The van der Waals surface area contributed by atoms with Gasteiger partial charge in [-0.3, -0.25) is 4.79 Å². The van der Waals surface area contributed by atoms with E-state index in [2.05, 4.69) is 10.1 Å². The van der Waals surface area contributed by atoms with Crippen LogP contribution < -0.4 is 0 Å². The van der Waals surface area contributed by atoms with Crippen LogP contribution in [-0.4, -0.2) is 54.0 Å². The molecule has 0 radical (unpaired) electrons. The number of nitrogens with zero attached hydrogens (tertiary/aromatic N) is 4. The number of sulfonamides is 1. The van der Waals surface area contributed by atoms with Crippen molar-refractivity contribution in [3.05, 3.63) is 72.1 Å². The van der Waals surface area contributed by atoms with Crippen LogP contribution in [0.5, 0.6) is 0 Å². The van der Waals surface area contributed by atoms with Gasteiger partial charge in [0.15, 0.2) is 0 Å². The van der Waals surface area contributed by atoms with E-state index in [4.69, 9.17) is 4.52 Å². The van der Waals surface area contributed by atoms with Gasteiger partial charge in [-0.1, -0.05) is 65.8 Å². The smallest absolute Gasteiger partial charge is 0.246 e. The van der Waals surface area contributed by atoms with Gasteiger partial charge in [0.2, 0.25) is 27.6 Å². The van der Waals surface area contributed by atoms with E-state index in [-0.39, 0.29) is 12.4 Å². The fourth-order valence-electron chi connectivity index (χ4n) is 2.85. The topological polar surface area (TPSA) is 96.6 Å². The average Bonchev–Trinajstić information content (AvgIpc) is 3.17. The van der Waals surface area contributed by atoms with E-state index in [0.717, 1.165) is 16.1 Å². The van der Waals surface area contributed by atoms with Crippen molar-refractivity contribution in [1.82, 2.24) is 19.3 Å². The molecule has 2 aromatic carbocycles. The molecule has 0 fully saturated rings. The number of rotatable bonds is 7. The van der Waals surface area contributed by atoms with E-state index < -0.39 is 22.0 Å². The summed E-state index contributed by atoms with van der Waals surface area (Å²) in [6.45, 7) is 0.0552. The molecule has 0 N–H and O–H groups in total. The Labute approximate surface area is 169 Å². The second kappa shape index (κ2) is 8.54. The molecule has 0 saturated heterocycles. The van der Waals surface area contributed by atoms with Crippen molar-refractivity contribution in [2.24, 2.45) is 0 Å². The van der Waals surface area contributed by atoms with Gasteiger partial charge >= 0.3 is 0 Å². The monoisotopic (exact) mass is 414 g/mol. The van der Waals surface area contributed by atoms with Gasteiger partial charge in [-0.05, 0) is 5.56 Å². The second-order valence-electron chi connectivity index (χ2n) is 6.66. The predicted octanol–water partition coefficient (Wildman–Crippen LogP) is 2.33. The van der Waals surface area contributed by atoms with Gasteiger partial charge in [0, 0.05) is 19.7 Å². The fourth-order valence-corrected chi connectivity index (χ4v) is 3.44. The molecule has 3 aromatic rings. The molecule has 1 heterocycles. The summed E-state index contributed by atoms with van der Waals surface area (Å²) < 4.78 is 30.5. The van der Waals surface area contributed by atoms with Crippen LogP contribution in [0.15, 0.2) is 65.2 Å². The lowest BCUT2D eigenvalue weighted by Gasteiger charge is -2.29. The molecule has 9 heteroatoms. The van der Waals surface area contributed by atoms with Gasteiger partial charge < -0.3 is 9.42 Å². The van der Waals surface area contributed by atoms with Crippen molar-refractivity contribution in [2.45, 2.75) is 12.6 Å². The zero-order valence-electron chi connectivity index (χ0n) is 16.4. The highest BCUT2D eigenvalue weighted by Gasteiger charge is 2.33. The first-order valence-electron chi connectivity index (χ1n) is 8.88. The maximum absolute atomic E-state index is 13.1. The van der Waals surface area contributed by atoms with E-state index in [9.17, 15) is 13.2 Å². The lowest BCUT2D eigenvalue weighted by atomic mass is 10.1. The van der Waals surface area contributed by atoms with Gasteiger partial charge in [-0.25, -0.2) is 8.42 Å². The quantitative estimate of drug-likeness (QED) is 0.589. The Hall–Kier alpha value is -3.04. The predicted molar refractivity (Wildman–Crippen MR) is 108 cm³/mol. The molecule has 152 valence electrons. The highest BCUT2D eigenvalue weighted by Crippen LogP contribution is 2.24. The van der Waals surface area contributed by atoms with Crippen LogP contribution in [0.1, 0.15) is 17.5 Å². The van der Waals surface area contributed by atoms with E-state index in [1.54, 1.807) is 37.4 Å². The fraction of sp³-hybridized carbons (Fsp3) is 0.250. The zero-order valence-corrected chi connectivity index (χ0v) is 17.2. The summed E-state index contributed by atoms with van der Waals surface area (Å²) in [5.41, 5.74) is 1.38. The summed E-state index contributed by atoms with van der Waals surface area (Å²) in [6.07, 6.45) is 1.07. The third-order valence-corrected chi connectivity index (χ3v) is 5.74. The molecule has 0 aliphatic heterocycles. The van der Waals surface area contributed by atoms with Gasteiger partial charge in [-0.15, -0.1) is 0 Å². The summed E-state index contributed by atoms with van der Waals surface area (Å²) in [7, 11) is -0.641. The van der Waals surface area contributed by atoms with Crippen molar-refractivity contribution in [1.29, 1.82) is 0 Å². The summed E-state index contributed by atoms with van der Waals surface area (Å²) >= 11 is 0. The minimum atomic E-state index is -3.60. The standard InChI is InChI=1S/C20H22N4O4S/c1-23(14-17-21-19(22-28-17)16-12-8-5-9-13-16)20(25)18(24(2)29(3,26)27)15-10-6-4-7-11-15/h4-13,18H,14H2,1-3H3/t18-/m0/s1. The lowest BCUT2D eigenvalue weighted by Crippen LogP contribution is -2.41. The van der Waals surface area contributed by atoms with Gasteiger partial charge in [0.05, 0.1) is 12.8 Å². The largest absolute Gasteiger partial charge is 0.337 e. The molecular formula is C20H22N4O4S. The summed E-state index contributed by atoms with van der Waals surface area (Å²) in [5, 5.41) is 3.95. The summed E-state index contributed by atoms with van der Waals surface area (Å²) in [4.78, 5) is 18.8. The lowest BCUT2D eigenvalue weighted by molar-refractivity contribution is -0.134. The Morgan fingerprint density at radius 2 is 1.62 bits per heavy atom. The Kier molecular flexibility index (Phi) is 6.09. The minimum Gasteiger partial charge on any atom is -0.337 e. The number of likely N-dealkylation sites (N-methyl/N-ethyl adjacent to an activating group) is 2.